The Morgan fingerprint density at radius 2 is 2.00 bits per heavy atom. The molecule has 3 heteroatoms. The number of nitrogens with zero attached hydrogens (tertiary/aromatic N) is 1. The third kappa shape index (κ3) is 2.49. The fourth-order valence-corrected chi connectivity index (χ4v) is 3.70. The molecule has 80 valence electrons. The van der Waals surface area contributed by atoms with Crippen LogP contribution in [0.2, 0.25) is 5.32 Å². The van der Waals surface area contributed by atoms with E-state index in [-0.39, 0.29) is 0 Å². The Hall–Kier alpha value is -0.631. The Morgan fingerprint density at radius 3 is 2.60 bits per heavy atom. The molecule has 0 amide bonds. The second-order valence-corrected chi connectivity index (χ2v) is 6.12. The van der Waals surface area contributed by atoms with Crippen LogP contribution in [0.15, 0.2) is 29.3 Å². The number of benzene rings is 1. The van der Waals surface area contributed by atoms with E-state index in [0.717, 1.165) is 9.93 Å². The minimum atomic E-state index is -0.503. The number of aryl methyl sites for hydroxylation is 1. The quantitative estimate of drug-likeness (QED) is 0.774. The maximum atomic E-state index is 9.69. The Labute approximate surface area is 96.6 Å². The summed E-state index contributed by atoms with van der Waals surface area (Å²) in [6.07, 6.45) is -0.503. The van der Waals surface area contributed by atoms with E-state index in [4.69, 9.17) is 0 Å². The van der Waals surface area contributed by atoms with Gasteiger partial charge in [0.1, 0.15) is 0 Å². The summed E-state index contributed by atoms with van der Waals surface area (Å²) in [6, 6.07) is 8.38. The molecule has 0 spiro atoms. The molecule has 15 heavy (non-hydrogen) atoms. The van der Waals surface area contributed by atoms with Crippen LogP contribution in [0.3, 0.4) is 0 Å². The molecule has 1 aliphatic rings. The SMILES string of the molecule is Cc1ccc(C2=N[C@@H](O)[C@H](C)C[Se]2)cc1. The van der Waals surface area contributed by atoms with Crippen molar-refractivity contribution >= 4 is 19.6 Å². The monoisotopic (exact) mass is 269 g/mol. The molecule has 2 rings (SSSR count). The Bertz CT molecular complexity index is 372. The third-order valence-electron chi connectivity index (χ3n) is 2.54. The second kappa shape index (κ2) is 4.48. The van der Waals surface area contributed by atoms with Crippen molar-refractivity contribution in [3.8, 4) is 0 Å². The molecule has 0 saturated heterocycles. The summed E-state index contributed by atoms with van der Waals surface area (Å²) in [6.45, 7) is 4.14. The summed E-state index contributed by atoms with van der Waals surface area (Å²) in [5.41, 5.74) is 2.43. The normalized spacial score (nSPS) is 26.2. The molecule has 0 radical (unpaired) electrons. The minimum absolute atomic E-state index is 0.319. The van der Waals surface area contributed by atoms with Crippen molar-refractivity contribution in [3.05, 3.63) is 35.4 Å². The van der Waals surface area contributed by atoms with Crippen LogP contribution in [0.5, 0.6) is 0 Å². The zero-order valence-corrected chi connectivity index (χ0v) is 10.7. The van der Waals surface area contributed by atoms with Crippen LogP contribution < -0.4 is 0 Å². The number of rotatable bonds is 1. The summed E-state index contributed by atoms with van der Waals surface area (Å²) < 4.78 is 1.10. The van der Waals surface area contributed by atoms with Gasteiger partial charge in [-0.2, -0.15) is 0 Å². The van der Waals surface area contributed by atoms with Crippen LogP contribution >= 0.6 is 0 Å². The van der Waals surface area contributed by atoms with Gasteiger partial charge < -0.3 is 0 Å². The maximum absolute atomic E-state index is 9.69. The summed E-state index contributed by atoms with van der Waals surface area (Å²) >= 11 is 0.411. The Balaban J connectivity index is 2.24. The van der Waals surface area contributed by atoms with Crippen molar-refractivity contribution in [2.75, 3.05) is 0 Å². The first kappa shape index (κ1) is 10.9. The molecule has 2 nitrogen and oxygen atoms in total. The van der Waals surface area contributed by atoms with Crippen LogP contribution in [-0.4, -0.2) is 30.9 Å². The summed E-state index contributed by atoms with van der Waals surface area (Å²) in [5.74, 6) is 0.319. The van der Waals surface area contributed by atoms with Crippen LogP contribution in [-0.2, 0) is 0 Å². The van der Waals surface area contributed by atoms with Gasteiger partial charge >= 0.3 is 96.4 Å². The van der Waals surface area contributed by atoms with E-state index in [9.17, 15) is 5.11 Å². The topological polar surface area (TPSA) is 32.6 Å². The molecule has 0 aromatic heterocycles. The Morgan fingerprint density at radius 1 is 1.33 bits per heavy atom. The zero-order valence-electron chi connectivity index (χ0n) is 8.97. The first-order chi connectivity index (χ1) is 7.16. The van der Waals surface area contributed by atoms with Gasteiger partial charge in [-0.3, -0.25) is 0 Å². The number of hydrogen-bond donors (Lipinski definition) is 1. The van der Waals surface area contributed by atoms with Gasteiger partial charge in [0.05, 0.1) is 0 Å². The zero-order chi connectivity index (χ0) is 10.8. The number of aliphatic hydroxyl groups excluding tert-OH is 1. The van der Waals surface area contributed by atoms with Crippen molar-refractivity contribution in [2.45, 2.75) is 25.4 Å². The predicted molar refractivity (Wildman–Crippen MR) is 63.4 cm³/mol. The molecular weight excluding hydrogens is 253 g/mol. The summed E-state index contributed by atoms with van der Waals surface area (Å²) in [7, 11) is 0. The van der Waals surface area contributed by atoms with Gasteiger partial charge in [-0.05, 0) is 0 Å². The van der Waals surface area contributed by atoms with Gasteiger partial charge in [-0.1, -0.05) is 0 Å². The van der Waals surface area contributed by atoms with Gasteiger partial charge in [0.15, 0.2) is 0 Å². The molecule has 0 saturated carbocycles. The predicted octanol–water partition coefficient (Wildman–Crippen LogP) is 1.83. The van der Waals surface area contributed by atoms with Crippen molar-refractivity contribution in [2.24, 2.45) is 10.9 Å². The van der Waals surface area contributed by atoms with Gasteiger partial charge in [0.25, 0.3) is 0 Å². The van der Waals surface area contributed by atoms with Gasteiger partial charge in [0, 0.05) is 0 Å². The second-order valence-electron chi connectivity index (χ2n) is 4.00. The van der Waals surface area contributed by atoms with Gasteiger partial charge in [-0.15, -0.1) is 0 Å². The van der Waals surface area contributed by atoms with Crippen LogP contribution in [0.25, 0.3) is 0 Å². The molecule has 1 aromatic carbocycles. The molecule has 1 N–H and O–H groups in total. The fraction of sp³-hybridized carbons (Fsp3) is 0.417. The molecule has 0 unspecified atom stereocenters. The molecule has 1 heterocycles. The molecule has 1 aliphatic heterocycles. The van der Waals surface area contributed by atoms with E-state index >= 15 is 0 Å². The van der Waals surface area contributed by atoms with Crippen molar-refractivity contribution in [1.29, 1.82) is 0 Å². The van der Waals surface area contributed by atoms with Crippen LogP contribution in [0.1, 0.15) is 18.1 Å². The van der Waals surface area contributed by atoms with Crippen LogP contribution in [0.4, 0.5) is 0 Å². The van der Waals surface area contributed by atoms with E-state index < -0.39 is 6.23 Å². The van der Waals surface area contributed by atoms with Crippen molar-refractivity contribution in [3.63, 3.8) is 0 Å². The van der Waals surface area contributed by atoms with Crippen molar-refractivity contribution < 1.29 is 5.11 Å². The molecule has 0 bridgehead atoms. The third-order valence-corrected chi connectivity index (χ3v) is 5.28. The van der Waals surface area contributed by atoms with Crippen molar-refractivity contribution in [1.82, 2.24) is 0 Å². The average molecular weight is 268 g/mol. The van der Waals surface area contributed by atoms with Gasteiger partial charge in [-0.25, -0.2) is 0 Å². The molecule has 0 aliphatic carbocycles. The van der Waals surface area contributed by atoms with E-state index in [0.29, 0.717) is 20.9 Å². The number of aliphatic hydroxyl groups is 1. The fourth-order valence-electron chi connectivity index (χ4n) is 1.44. The number of aliphatic imine (C=N–C) groups is 1. The molecule has 1 aromatic rings. The molecule has 2 atom stereocenters. The first-order valence-corrected chi connectivity index (χ1v) is 7.19. The molecular formula is C12H15NOSe. The average Bonchev–Trinajstić information content (AvgIpc) is 2.23. The molecule has 0 fully saturated rings. The van der Waals surface area contributed by atoms with E-state index in [2.05, 4.69) is 43.1 Å². The standard InChI is InChI=1S/C12H15NOSe/c1-8-3-5-10(6-4-8)12-13-11(14)9(2)7-15-12/h3-6,9,11,14H,7H2,1-2H3/t9-,11+/m1/s1. The summed E-state index contributed by atoms with van der Waals surface area (Å²) in [4.78, 5) is 4.36. The van der Waals surface area contributed by atoms with Crippen LogP contribution in [0, 0.1) is 12.8 Å². The van der Waals surface area contributed by atoms with Gasteiger partial charge in [0.2, 0.25) is 0 Å². The number of hydrogen-bond acceptors (Lipinski definition) is 2. The van der Waals surface area contributed by atoms with E-state index in [1.807, 2.05) is 0 Å². The van der Waals surface area contributed by atoms with E-state index in [1.54, 1.807) is 0 Å². The first-order valence-electron chi connectivity index (χ1n) is 5.12. The van der Waals surface area contributed by atoms with E-state index in [1.165, 1.54) is 11.1 Å². The summed E-state index contributed by atoms with van der Waals surface area (Å²) in [5, 5.41) is 10.8. The Kier molecular flexibility index (Phi) is 3.25.